The Labute approximate surface area is 212 Å². The average Bonchev–Trinajstić information content (AvgIpc) is 3.17. The number of ketones is 1. The van der Waals surface area contributed by atoms with Crippen LogP contribution in [0.5, 0.6) is 11.5 Å². The van der Waals surface area contributed by atoms with Crippen molar-refractivity contribution in [1.29, 1.82) is 0 Å². The number of benzene rings is 3. The van der Waals surface area contributed by atoms with Crippen LogP contribution in [0.25, 0.3) is 5.76 Å². The molecule has 1 amide bonds. The molecule has 0 spiro atoms. The fraction of sp³-hybridized carbons (Fsp3) is 0.179. The number of hydrogen-bond donors (Lipinski definition) is 2. The second kappa shape index (κ2) is 10.5. The number of aromatic hydroxyl groups is 1. The van der Waals surface area contributed by atoms with E-state index in [0.29, 0.717) is 12.0 Å². The number of halogens is 1. The number of amides is 1. The van der Waals surface area contributed by atoms with Gasteiger partial charge < -0.3 is 19.7 Å². The molecule has 0 radical (unpaired) electrons. The zero-order valence-electron chi connectivity index (χ0n) is 20.1. The van der Waals surface area contributed by atoms with E-state index in [-0.39, 0.29) is 40.5 Å². The Hall–Kier alpha value is -4.66. The van der Waals surface area contributed by atoms with Crippen molar-refractivity contribution in [2.24, 2.45) is 0 Å². The van der Waals surface area contributed by atoms with E-state index in [4.69, 9.17) is 9.47 Å². The van der Waals surface area contributed by atoms with E-state index >= 15 is 0 Å². The van der Waals surface area contributed by atoms with E-state index in [9.17, 15) is 29.0 Å². The molecule has 1 fully saturated rings. The van der Waals surface area contributed by atoms with Crippen LogP contribution in [0, 0.1) is 5.82 Å². The van der Waals surface area contributed by atoms with Gasteiger partial charge in [-0.2, -0.15) is 0 Å². The van der Waals surface area contributed by atoms with Crippen molar-refractivity contribution in [3.05, 3.63) is 94.8 Å². The highest BCUT2D eigenvalue weighted by Gasteiger charge is 2.47. The quantitative estimate of drug-likeness (QED) is 0.207. The third kappa shape index (κ3) is 4.88. The van der Waals surface area contributed by atoms with Gasteiger partial charge in [-0.05, 0) is 66.6 Å². The number of phenolic OH excluding ortho intramolecular Hbond substituents is 1. The van der Waals surface area contributed by atoms with Crippen LogP contribution >= 0.6 is 0 Å². The van der Waals surface area contributed by atoms with Crippen LogP contribution in [0.15, 0.2) is 72.3 Å². The molecule has 3 aromatic carbocycles. The molecule has 0 saturated carbocycles. The van der Waals surface area contributed by atoms with Gasteiger partial charge in [0.25, 0.3) is 11.7 Å². The highest BCUT2D eigenvalue weighted by Crippen LogP contribution is 2.43. The van der Waals surface area contributed by atoms with Gasteiger partial charge in [0.2, 0.25) is 0 Å². The lowest BCUT2D eigenvalue weighted by Crippen LogP contribution is -2.29. The SMILES string of the molecule is CCCOC(=O)c1ccc(N2C(=O)C(=O)/C(=C(/O)c3cc(F)ccc3OC)C2c2ccc(O)cc2)cc1. The number of Topliss-reactive ketones (excluding diaryl/α,β-unsaturated/α-hetero) is 1. The summed E-state index contributed by atoms with van der Waals surface area (Å²) >= 11 is 0. The number of esters is 1. The normalized spacial score (nSPS) is 16.6. The fourth-order valence-electron chi connectivity index (χ4n) is 4.12. The molecular formula is C28H24FNO7. The van der Waals surface area contributed by atoms with E-state index in [1.807, 2.05) is 6.92 Å². The summed E-state index contributed by atoms with van der Waals surface area (Å²) in [6.07, 6.45) is 0.664. The van der Waals surface area contributed by atoms with Crippen molar-refractivity contribution < 1.29 is 38.5 Å². The lowest BCUT2D eigenvalue weighted by Gasteiger charge is -2.25. The summed E-state index contributed by atoms with van der Waals surface area (Å²) in [5.41, 5.74) is 0.557. The molecule has 37 heavy (non-hydrogen) atoms. The number of phenols is 1. The first kappa shape index (κ1) is 25.4. The molecule has 1 heterocycles. The second-order valence-corrected chi connectivity index (χ2v) is 8.29. The van der Waals surface area contributed by atoms with E-state index in [1.165, 1.54) is 66.6 Å². The van der Waals surface area contributed by atoms with Crippen molar-refractivity contribution in [1.82, 2.24) is 0 Å². The summed E-state index contributed by atoms with van der Waals surface area (Å²) in [7, 11) is 1.33. The van der Waals surface area contributed by atoms with E-state index in [0.717, 1.165) is 12.1 Å². The lowest BCUT2D eigenvalue weighted by molar-refractivity contribution is -0.132. The number of aliphatic hydroxyl groups excluding tert-OH is 1. The Bertz CT molecular complexity index is 1380. The van der Waals surface area contributed by atoms with Crippen molar-refractivity contribution in [3.63, 3.8) is 0 Å². The molecule has 1 aliphatic heterocycles. The van der Waals surface area contributed by atoms with Gasteiger partial charge in [-0.25, -0.2) is 9.18 Å². The summed E-state index contributed by atoms with van der Waals surface area (Å²) < 4.78 is 24.4. The Morgan fingerprint density at radius 1 is 1.03 bits per heavy atom. The van der Waals surface area contributed by atoms with Gasteiger partial charge in [-0.15, -0.1) is 0 Å². The molecule has 0 aromatic heterocycles. The number of methoxy groups -OCH3 is 1. The maximum absolute atomic E-state index is 14.1. The zero-order valence-corrected chi connectivity index (χ0v) is 20.1. The van der Waals surface area contributed by atoms with Gasteiger partial charge in [-0.1, -0.05) is 19.1 Å². The zero-order chi connectivity index (χ0) is 26.7. The van der Waals surface area contributed by atoms with Crippen molar-refractivity contribution in [3.8, 4) is 11.5 Å². The molecule has 3 aromatic rings. The van der Waals surface area contributed by atoms with E-state index in [1.54, 1.807) is 0 Å². The first-order valence-corrected chi connectivity index (χ1v) is 11.5. The first-order valence-electron chi connectivity index (χ1n) is 11.5. The predicted molar refractivity (Wildman–Crippen MR) is 133 cm³/mol. The number of nitrogens with zero attached hydrogens (tertiary/aromatic N) is 1. The topological polar surface area (TPSA) is 113 Å². The molecule has 2 N–H and O–H groups in total. The molecule has 8 nitrogen and oxygen atoms in total. The maximum Gasteiger partial charge on any atom is 0.338 e. The Morgan fingerprint density at radius 3 is 2.32 bits per heavy atom. The largest absolute Gasteiger partial charge is 0.508 e. The molecule has 4 rings (SSSR count). The van der Waals surface area contributed by atoms with E-state index in [2.05, 4.69) is 0 Å². The number of carbonyl (C=O) groups excluding carboxylic acids is 3. The van der Waals surface area contributed by atoms with Crippen molar-refractivity contribution >= 4 is 29.1 Å². The van der Waals surface area contributed by atoms with Crippen LogP contribution in [-0.4, -0.2) is 41.6 Å². The van der Waals surface area contributed by atoms with Crippen LogP contribution < -0.4 is 9.64 Å². The van der Waals surface area contributed by atoms with Crippen molar-refractivity contribution in [2.45, 2.75) is 19.4 Å². The summed E-state index contributed by atoms with van der Waals surface area (Å²) in [6.45, 7) is 2.13. The molecule has 1 unspecified atom stereocenters. The summed E-state index contributed by atoms with van der Waals surface area (Å²) in [5, 5.41) is 21.0. The maximum atomic E-state index is 14.1. The number of ether oxygens (including phenoxy) is 2. The van der Waals surface area contributed by atoms with Crippen molar-refractivity contribution in [2.75, 3.05) is 18.6 Å². The highest BCUT2D eigenvalue weighted by atomic mass is 19.1. The Kier molecular flexibility index (Phi) is 7.24. The van der Waals surface area contributed by atoms with Gasteiger partial charge in [0.05, 0.1) is 36.5 Å². The fourth-order valence-corrected chi connectivity index (χ4v) is 4.12. The molecule has 190 valence electrons. The lowest BCUT2D eigenvalue weighted by atomic mass is 9.94. The van der Waals surface area contributed by atoms with Crippen LogP contribution in [0.1, 0.15) is 40.9 Å². The van der Waals surface area contributed by atoms with Gasteiger partial charge in [0, 0.05) is 5.69 Å². The third-order valence-corrected chi connectivity index (χ3v) is 5.89. The average molecular weight is 505 g/mol. The molecule has 0 aliphatic carbocycles. The monoisotopic (exact) mass is 505 g/mol. The second-order valence-electron chi connectivity index (χ2n) is 8.29. The van der Waals surface area contributed by atoms with Crippen LogP contribution in [0.2, 0.25) is 0 Å². The number of carbonyl (C=O) groups is 3. The molecule has 1 saturated heterocycles. The van der Waals surface area contributed by atoms with E-state index < -0.39 is 35.3 Å². The molecule has 1 aliphatic rings. The molecule has 1 atom stereocenters. The summed E-state index contributed by atoms with van der Waals surface area (Å²) in [6, 6.07) is 14.0. The number of aliphatic hydroxyl groups is 1. The van der Waals surface area contributed by atoms with Gasteiger partial charge in [0.15, 0.2) is 0 Å². The number of hydrogen-bond acceptors (Lipinski definition) is 7. The highest BCUT2D eigenvalue weighted by molar-refractivity contribution is 6.51. The van der Waals surface area contributed by atoms with Gasteiger partial charge in [-0.3, -0.25) is 14.5 Å². The summed E-state index contributed by atoms with van der Waals surface area (Å²) in [5.74, 6) is -3.68. The molecule has 0 bridgehead atoms. The summed E-state index contributed by atoms with van der Waals surface area (Å²) in [4.78, 5) is 39.9. The minimum Gasteiger partial charge on any atom is -0.508 e. The molecule has 9 heteroatoms. The van der Waals surface area contributed by atoms with Crippen LogP contribution in [0.3, 0.4) is 0 Å². The van der Waals surface area contributed by atoms with Gasteiger partial charge in [0.1, 0.15) is 23.1 Å². The molecular weight excluding hydrogens is 481 g/mol. The van der Waals surface area contributed by atoms with Crippen LogP contribution in [0.4, 0.5) is 10.1 Å². The number of anilines is 1. The number of rotatable bonds is 7. The third-order valence-electron chi connectivity index (χ3n) is 5.89. The minimum absolute atomic E-state index is 0.0394. The first-order chi connectivity index (χ1) is 17.8. The van der Waals surface area contributed by atoms with Crippen LogP contribution in [-0.2, 0) is 14.3 Å². The standard InChI is InChI=1S/C28H24FNO7/c1-3-14-37-28(35)17-4-9-19(10-5-17)30-24(16-6-11-20(31)12-7-16)23(26(33)27(30)34)25(32)21-15-18(29)8-13-22(21)36-2/h4-13,15,24,31-32H,3,14H2,1-2H3/b25-23+. The predicted octanol–water partition coefficient (Wildman–Crippen LogP) is 4.73. The smallest absolute Gasteiger partial charge is 0.338 e. The minimum atomic E-state index is -1.12. The Balaban J connectivity index is 1.86. The Morgan fingerprint density at radius 2 is 1.70 bits per heavy atom. The van der Waals surface area contributed by atoms with Gasteiger partial charge >= 0.3 is 5.97 Å².